The molecule has 0 aliphatic carbocycles. The van der Waals surface area contributed by atoms with Crippen LogP contribution in [0.3, 0.4) is 0 Å². The number of hydrogen-bond acceptors (Lipinski definition) is 4. The number of amides is 1. The molecule has 1 atom stereocenters. The van der Waals surface area contributed by atoms with E-state index in [0.717, 1.165) is 22.5 Å². The fourth-order valence-electron chi connectivity index (χ4n) is 4.28. The van der Waals surface area contributed by atoms with Crippen LogP contribution in [-0.4, -0.2) is 28.7 Å². The number of hydrogen-bond donors (Lipinski definition) is 1. The molecule has 0 saturated heterocycles. The minimum absolute atomic E-state index is 0.151. The van der Waals surface area contributed by atoms with Crippen LogP contribution in [0.2, 0.25) is 0 Å². The maximum absolute atomic E-state index is 13.7. The smallest absolute Gasteiger partial charge is 0.270 e. The summed E-state index contributed by atoms with van der Waals surface area (Å²) < 4.78 is 13.5. The minimum atomic E-state index is -0.169. The van der Waals surface area contributed by atoms with Crippen molar-refractivity contribution < 1.29 is 14.3 Å². The number of carbonyl (C=O) groups excluding carboxylic acids is 1. The van der Waals surface area contributed by atoms with Crippen LogP contribution < -0.4 is 14.8 Å². The second-order valence-corrected chi connectivity index (χ2v) is 8.21. The molecule has 6 heteroatoms. The molecule has 34 heavy (non-hydrogen) atoms. The number of ether oxygens (including phenoxy) is 2. The molecular formula is C28H27N3O3. The number of fused-ring (bicyclic) bond motifs is 1. The molecule has 4 aromatic rings. The Morgan fingerprint density at radius 2 is 1.62 bits per heavy atom. The van der Waals surface area contributed by atoms with E-state index >= 15 is 0 Å². The molecule has 2 heterocycles. The number of nitrogens with one attached hydrogen (secondary N) is 1. The molecule has 1 aromatic heterocycles. The highest BCUT2D eigenvalue weighted by Crippen LogP contribution is 2.37. The van der Waals surface area contributed by atoms with Crippen molar-refractivity contribution in [3.05, 3.63) is 90.1 Å². The van der Waals surface area contributed by atoms with Gasteiger partial charge in [-0.15, -0.1) is 0 Å². The highest BCUT2D eigenvalue weighted by atomic mass is 16.6. The molecule has 6 nitrogen and oxygen atoms in total. The van der Waals surface area contributed by atoms with E-state index in [4.69, 9.17) is 14.5 Å². The molecule has 5 rings (SSSR count). The first kappa shape index (κ1) is 21.8. The average Bonchev–Trinajstić information content (AvgIpc) is 3.29. The molecule has 0 spiro atoms. The summed E-state index contributed by atoms with van der Waals surface area (Å²) in [5, 5.41) is 3.17. The lowest BCUT2D eigenvalue weighted by atomic mass is 10.1. The molecule has 1 N–H and O–H groups in total. The van der Waals surface area contributed by atoms with E-state index in [1.54, 1.807) is 0 Å². The maximum atomic E-state index is 13.7. The van der Waals surface area contributed by atoms with Gasteiger partial charge < -0.3 is 19.4 Å². The van der Waals surface area contributed by atoms with Crippen molar-refractivity contribution in [3.63, 3.8) is 0 Å². The number of imidazole rings is 1. The fourth-order valence-corrected chi connectivity index (χ4v) is 4.28. The summed E-state index contributed by atoms with van der Waals surface area (Å²) in [5.41, 5.74) is 3.96. The van der Waals surface area contributed by atoms with Gasteiger partial charge in [0.2, 0.25) is 0 Å². The zero-order valence-corrected chi connectivity index (χ0v) is 19.3. The number of aromatic nitrogens is 2. The van der Waals surface area contributed by atoms with E-state index in [-0.39, 0.29) is 11.9 Å². The molecule has 0 radical (unpaired) electrons. The molecule has 3 aromatic carbocycles. The fraction of sp³-hybridized carbons (Fsp3) is 0.214. The maximum Gasteiger partial charge on any atom is 0.270 e. The monoisotopic (exact) mass is 453 g/mol. The lowest BCUT2D eigenvalue weighted by molar-refractivity contribution is 0.0931. The zero-order valence-electron chi connectivity index (χ0n) is 19.3. The summed E-state index contributed by atoms with van der Waals surface area (Å²) in [5.74, 6) is 1.96. The van der Waals surface area contributed by atoms with Crippen molar-refractivity contribution in [2.24, 2.45) is 0 Å². The molecule has 1 aliphatic rings. The lowest BCUT2D eigenvalue weighted by Crippen LogP contribution is -2.29. The van der Waals surface area contributed by atoms with Crippen LogP contribution >= 0.6 is 0 Å². The van der Waals surface area contributed by atoms with Crippen LogP contribution in [0.15, 0.2) is 78.9 Å². The van der Waals surface area contributed by atoms with E-state index in [0.29, 0.717) is 42.6 Å². The van der Waals surface area contributed by atoms with Gasteiger partial charge in [0.25, 0.3) is 5.91 Å². The topological polar surface area (TPSA) is 65.4 Å². The van der Waals surface area contributed by atoms with Gasteiger partial charge >= 0.3 is 0 Å². The summed E-state index contributed by atoms with van der Waals surface area (Å²) in [7, 11) is 0. The van der Waals surface area contributed by atoms with E-state index in [9.17, 15) is 4.79 Å². The van der Waals surface area contributed by atoms with Gasteiger partial charge in [-0.3, -0.25) is 4.79 Å². The van der Waals surface area contributed by atoms with Crippen molar-refractivity contribution >= 4 is 5.91 Å². The minimum Gasteiger partial charge on any atom is -0.486 e. The van der Waals surface area contributed by atoms with Crippen LogP contribution in [0.5, 0.6) is 11.5 Å². The molecule has 0 fully saturated rings. The van der Waals surface area contributed by atoms with E-state index in [1.807, 2.05) is 97.3 Å². The lowest BCUT2D eigenvalue weighted by Gasteiger charge is -2.19. The third kappa shape index (κ3) is 4.15. The van der Waals surface area contributed by atoms with Gasteiger partial charge in [-0.05, 0) is 37.6 Å². The van der Waals surface area contributed by atoms with E-state index in [2.05, 4.69) is 5.32 Å². The Balaban J connectivity index is 1.61. The van der Waals surface area contributed by atoms with Crippen LogP contribution in [0.1, 0.15) is 35.9 Å². The van der Waals surface area contributed by atoms with Crippen molar-refractivity contribution in [2.45, 2.75) is 26.4 Å². The second kappa shape index (κ2) is 9.43. The van der Waals surface area contributed by atoms with Crippen LogP contribution in [-0.2, 0) is 6.54 Å². The van der Waals surface area contributed by atoms with Gasteiger partial charge in [0.1, 0.15) is 30.4 Å². The van der Waals surface area contributed by atoms with Gasteiger partial charge in [0, 0.05) is 17.7 Å². The number of carbonyl (C=O) groups is 1. The predicted octanol–water partition coefficient (Wildman–Crippen LogP) is 5.50. The van der Waals surface area contributed by atoms with Gasteiger partial charge in [-0.2, -0.15) is 0 Å². The Bertz CT molecular complexity index is 1300. The van der Waals surface area contributed by atoms with Gasteiger partial charge in [0.05, 0.1) is 6.04 Å². The molecule has 1 amide bonds. The van der Waals surface area contributed by atoms with Gasteiger partial charge in [0.15, 0.2) is 11.5 Å². The highest BCUT2D eigenvalue weighted by Gasteiger charge is 2.26. The normalized spacial score (nSPS) is 13.4. The van der Waals surface area contributed by atoms with E-state index < -0.39 is 0 Å². The first-order valence-electron chi connectivity index (χ1n) is 11.6. The molecular weight excluding hydrogens is 426 g/mol. The molecule has 0 bridgehead atoms. The van der Waals surface area contributed by atoms with Crippen LogP contribution in [0, 0.1) is 0 Å². The summed E-state index contributed by atoms with van der Waals surface area (Å²) in [4.78, 5) is 18.7. The number of nitrogens with zero attached hydrogens (tertiary/aromatic N) is 2. The molecule has 1 aliphatic heterocycles. The number of benzene rings is 3. The first-order chi connectivity index (χ1) is 16.7. The van der Waals surface area contributed by atoms with Gasteiger partial charge in [-0.1, -0.05) is 60.7 Å². The molecule has 0 saturated carbocycles. The highest BCUT2D eigenvalue weighted by molar-refractivity contribution is 6.00. The van der Waals surface area contributed by atoms with Crippen LogP contribution in [0.25, 0.3) is 22.6 Å². The quantitative estimate of drug-likeness (QED) is 0.419. The average molecular weight is 454 g/mol. The van der Waals surface area contributed by atoms with Crippen molar-refractivity contribution in [1.82, 2.24) is 14.9 Å². The Kier molecular flexibility index (Phi) is 6.04. The first-order valence-corrected chi connectivity index (χ1v) is 11.6. The SMILES string of the molecule is CCn1c(-c2ccccc2)nc(-c2ccc3c(c2)OCCO3)c1C(=O)N[C@@H](C)c1ccccc1. The summed E-state index contributed by atoms with van der Waals surface area (Å²) in [6, 6.07) is 25.5. The molecule has 172 valence electrons. The third-order valence-corrected chi connectivity index (χ3v) is 5.99. The Labute approximate surface area is 199 Å². The Hall–Kier alpha value is -4.06. The van der Waals surface area contributed by atoms with Gasteiger partial charge in [-0.25, -0.2) is 4.98 Å². The van der Waals surface area contributed by atoms with Crippen molar-refractivity contribution in [3.8, 4) is 34.1 Å². The summed E-state index contributed by atoms with van der Waals surface area (Å²) >= 11 is 0. The summed E-state index contributed by atoms with van der Waals surface area (Å²) in [6.07, 6.45) is 0. The summed E-state index contributed by atoms with van der Waals surface area (Å²) in [6.45, 7) is 5.64. The Morgan fingerprint density at radius 3 is 2.32 bits per heavy atom. The molecule has 0 unspecified atom stereocenters. The van der Waals surface area contributed by atoms with Crippen molar-refractivity contribution in [2.75, 3.05) is 13.2 Å². The largest absolute Gasteiger partial charge is 0.486 e. The number of rotatable bonds is 6. The standard InChI is InChI=1S/C28H27N3O3/c1-3-31-26(28(32)29-19(2)20-10-6-4-7-11-20)25(30-27(31)21-12-8-5-9-13-21)22-14-15-23-24(18-22)34-17-16-33-23/h4-15,18-19H,3,16-17H2,1-2H3,(H,29,32)/t19-/m0/s1. The Morgan fingerprint density at radius 1 is 0.941 bits per heavy atom. The second-order valence-electron chi connectivity index (χ2n) is 8.21. The predicted molar refractivity (Wildman–Crippen MR) is 132 cm³/mol. The van der Waals surface area contributed by atoms with Crippen LogP contribution in [0.4, 0.5) is 0 Å². The third-order valence-electron chi connectivity index (χ3n) is 5.99. The van der Waals surface area contributed by atoms with Crippen molar-refractivity contribution in [1.29, 1.82) is 0 Å². The zero-order chi connectivity index (χ0) is 23.5. The van der Waals surface area contributed by atoms with E-state index in [1.165, 1.54) is 0 Å².